The topological polar surface area (TPSA) is 38.3 Å². The second-order valence-electron chi connectivity index (χ2n) is 3.60. The summed E-state index contributed by atoms with van der Waals surface area (Å²) in [5.74, 6) is 0.928. The summed E-state index contributed by atoms with van der Waals surface area (Å²) < 4.78 is 5.25. The number of fused-ring (bicyclic) bond motifs is 1. The second kappa shape index (κ2) is 3.01. The Morgan fingerprint density at radius 1 is 1.43 bits per heavy atom. The zero-order valence-electron chi connectivity index (χ0n) is 8.60. The predicted octanol–water partition coefficient (Wildman–Crippen LogP) is 1.81. The molecule has 14 heavy (non-hydrogen) atoms. The number of nitrogens with one attached hydrogen (secondary N) is 1. The molecule has 0 fully saturated rings. The molecule has 1 aromatic carbocycles. The summed E-state index contributed by atoms with van der Waals surface area (Å²) in [7, 11) is 1.65. The molecule has 3 nitrogen and oxygen atoms in total. The lowest BCUT2D eigenvalue weighted by Gasteiger charge is -2.11. The molecule has 3 heteroatoms. The maximum absolute atomic E-state index is 11.3. The van der Waals surface area contributed by atoms with Gasteiger partial charge in [-0.2, -0.15) is 0 Å². The summed E-state index contributed by atoms with van der Waals surface area (Å²) >= 11 is 0. The van der Waals surface area contributed by atoms with Gasteiger partial charge in [-0.25, -0.2) is 0 Å². The lowest BCUT2D eigenvalue weighted by atomic mass is 10.0. The number of amides is 1. The van der Waals surface area contributed by atoms with Crippen molar-refractivity contribution in [1.29, 1.82) is 0 Å². The fraction of sp³-hybridized carbons (Fsp3) is 0.364. The van der Waals surface area contributed by atoms with Crippen LogP contribution in [0.15, 0.2) is 6.07 Å². The van der Waals surface area contributed by atoms with E-state index in [0.29, 0.717) is 6.42 Å². The fourth-order valence-electron chi connectivity index (χ4n) is 1.90. The zero-order chi connectivity index (χ0) is 10.3. The number of methoxy groups -OCH3 is 1. The van der Waals surface area contributed by atoms with Crippen LogP contribution in [0.25, 0.3) is 0 Å². The number of carbonyl (C=O) groups excluding carboxylic acids is 1. The standard InChI is InChI=1S/C11H13NO2/c1-6-4-9(14-3)7(2)8-5-10(13)12-11(6)8/h4H,5H2,1-3H3,(H,12,13). The Hall–Kier alpha value is -1.51. The van der Waals surface area contributed by atoms with Crippen molar-refractivity contribution in [3.8, 4) is 5.75 Å². The summed E-state index contributed by atoms with van der Waals surface area (Å²) in [6, 6.07) is 1.96. The molecule has 1 heterocycles. The first-order valence-corrected chi connectivity index (χ1v) is 4.60. The van der Waals surface area contributed by atoms with Gasteiger partial charge in [-0.05, 0) is 36.6 Å². The first-order valence-electron chi connectivity index (χ1n) is 4.60. The van der Waals surface area contributed by atoms with E-state index in [-0.39, 0.29) is 5.91 Å². The summed E-state index contributed by atoms with van der Waals surface area (Å²) in [5, 5.41) is 2.86. The molecule has 1 aliphatic heterocycles. The Bertz CT molecular complexity index is 410. The highest BCUT2D eigenvalue weighted by atomic mass is 16.5. The third kappa shape index (κ3) is 1.16. The van der Waals surface area contributed by atoms with Crippen molar-refractivity contribution in [2.45, 2.75) is 20.3 Å². The van der Waals surface area contributed by atoms with Gasteiger partial charge in [0.2, 0.25) is 5.91 Å². The van der Waals surface area contributed by atoms with E-state index in [4.69, 9.17) is 4.74 Å². The SMILES string of the molecule is COc1cc(C)c2c(c1C)CC(=O)N2. The van der Waals surface area contributed by atoms with E-state index < -0.39 is 0 Å². The molecule has 1 aliphatic rings. The predicted molar refractivity (Wildman–Crippen MR) is 54.8 cm³/mol. The minimum Gasteiger partial charge on any atom is -0.496 e. The van der Waals surface area contributed by atoms with Crippen molar-refractivity contribution in [2.24, 2.45) is 0 Å². The van der Waals surface area contributed by atoms with Gasteiger partial charge >= 0.3 is 0 Å². The lowest BCUT2D eigenvalue weighted by molar-refractivity contribution is -0.115. The van der Waals surface area contributed by atoms with Crippen molar-refractivity contribution in [3.05, 3.63) is 22.8 Å². The molecular weight excluding hydrogens is 178 g/mol. The van der Waals surface area contributed by atoms with Gasteiger partial charge in [0.1, 0.15) is 5.75 Å². The number of ether oxygens (including phenoxy) is 1. The largest absolute Gasteiger partial charge is 0.496 e. The minimum absolute atomic E-state index is 0.0689. The molecular formula is C11H13NO2. The van der Waals surface area contributed by atoms with Crippen LogP contribution in [-0.4, -0.2) is 13.0 Å². The highest BCUT2D eigenvalue weighted by Crippen LogP contribution is 2.35. The van der Waals surface area contributed by atoms with Crippen molar-refractivity contribution < 1.29 is 9.53 Å². The smallest absolute Gasteiger partial charge is 0.228 e. The van der Waals surface area contributed by atoms with Gasteiger partial charge in [0.15, 0.2) is 0 Å². The van der Waals surface area contributed by atoms with E-state index in [0.717, 1.165) is 28.1 Å². The van der Waals surface area contributed by atoms with E-state index in [1.54, 1.807) is 7.11 Å². The number of hydrogen-bond acceptors (Lipinski definition) is 2. The van der Waals surface area contributed by atoms with E-state index in [1.807, 2.05) is 19.9 Å². The molecule has 0 atom stereocenters. The van der Waals surface area contributed by atoms with E-state index in [9.17, 15) is 4.79 Å². The molecule has 1 amide bonds. The molecule has 2 rings (SSSR count). The molecule has 0 unspecified atom stereocenters. The zero-order valence-corrected chi connectivity index (χ0v) is 8.60. The number of benzene rings is 1. The van der Waals surface area contributed by atoms with Crippen LogP contribution in [0.5, 0.6) is 5.75 Å². The number of hydrogen-bond donors (Lipinski definition) is 1. The van der Waals surface area contributed by atoms with E-state index in [2.05, 4.69) is 5.32 Å². The summed E-state index contributed by atoms with van der Waals surface area (Å²) in [6.07, 6.45) is 0.471. The summed E-state index contributed by atoms with van der Waals surface area (Å²) in [4.78, 5) is 11.3. The van der Waals surface area contributed by atoms with Gasteiger partial charge in [0, 0.05) is 5.69 Å². The maximum atomic E-state index is 11.3. The average molecular weight is 191 g/mol. The van der Waals surface area contributed by atoms with Gasteiger partial charge in [0.25, 0.3) is 0 Å². The Balaban J connectivity index is 2.63. The molecule has 0 saturated carbocycles. The third-order valence-corrected chi connectivity index (χ3v) is 2.69. The first-order chi connectivity index (χ1) is 6.63. The van der Waals surface area contributed by atoms with Crippen LogP contribution >= 0.6 is 0 Å². The Morgan fingerprint density at radius 2 is 2.14 bits per heavy atom. The normalized spacial score (nSPS) is 13.8. The number of anilines is 1. The quantitative estimate of drug-likeness (QED) is 0.735. The van der Waals surface area contributed by atoms with Crippen molar-refractivity contribution >= 4 is 11.6 Å². The van der Waals surface area contributed by atoms with Gasteiger partial charge in [-0.15, -0.1) is 0 Å². The molecule has 0 aliphatic carbocycles. The van der Waals surface area contributed by atoms with E-state index >= 15 is 0 Å². The maximum Gasteiger partial charge on any atom is 0.228 e. The third-order valence-electron chi connectivity index (χ3n) is 2.69. The molecule has 0 spiro atoms. The highest BCUT2D eigenvalue weighted by Gasteiger charge is 2.23. The van der Waals surface area contributed by atoms with Gasteiger partial charge in [-0.1, -0.05) is 0 Å². The Labute approximate surface area is 83.1 Å². The molecule has 0 saturated heterocycles. The van der Waals surface area contributed by atoms with Crippen molar-refractivity contribution in [3.63, 3.8) is 0 Å². The summed E-state index contributed by atoms with van der Waals surface area (Å²) in [5.41, 5.74) is 4.17. The van der Waals surface area contributed by atoms with Crippen LogP contribution in [-0.2, 0) is 11.2 Å². The Kier molecular flexibility index (Phi) is 1.95. The van der Waals surface area contributed by atoms with Crippen LogP contribution < -0.4 is 10.1 Å². The van der Waals surface area contributed by atoms with Crippen LogP contribution in [0.4, 0.5) is 5.69 Å². The van der Waals surface area contributed by atoms with Crippen LogP contribution in [0.1, 0.15) is 16.7 Å². The molecule has 0 aromatic heterocycles. The van der Waals surface area contributed by atoms with E-state index in [1.165, 1.54) is 0 Å². The monoisotopic (exact) mass is 191 g/mol. The average Bonchev–Trinajstić information content (AvgIpc) is 2.54. The molecule has 74 valence electrons. The minimum atomic E-state index is 0.0689. The number of aryl methyl sites for hydroxylation is 1. The highest BCUT2D eigenvalue weighted by molar-refractivity contribution is 6.00. The van der Waals surface area contributed by atoms with Gasteiger partial charge < -0.3 is 10.1 Å². The van der Waals surface area contributed by atoms with Gasteiger partial charge in [0.05, 0.1) is 13.5 Å². The van der Waals surface area contributed by atoms with Gasteiger partial charge in [-0.3, -0.25) is 4.79 Å². The van der Waals surface area contributed by atoms with Crippen molar-refractivity contribution in [2.75, 3.05) is 12.4 Å². The molecule has 0 radical (unpaired) electrons. The molecule has 1 N–H and O–H groups in total. The first kappa shape index (κ1) is 9.06. The second-order valence-corrected chi connectivity index (χ2v) is 3.60. The molecule has 1 aromatic rings. The summed E-state index contributed by atoms with van der Waals surface area (Å²) in [6.45, 7) is 3.96. The van der Waals surface area contributed by atoms with Crippen molar-refractivity contribution in [1.82, 2.24) is 0 Å². The van der Waals surface area contributed by atoms with Crippen LogP contribution in [0.3, 0.4) is 0 Å². The lowest BCUT2D eigenvalue weighted by Crippen LogP contribution is -2.04. The Morgan fingerprint density at radius 3 is 2.79 bits per heavy atom. The number of carbonyl (C=O) groups is 1. The molecule has 0 bridgehead atoms. The number of rotatable bonds is 1. The van der Waals surface area contributed by atoms with Crippen LogP contribution in [0, 0.1) is 13.8 Å². The van der Waals surface area contributed by atoms with Crippen LogP contribution in [0.2, 0.25) is 0 Å². The fourth-order valence-corrected chi connectivity index (χ4v) is 1.90.